The van der Waals surface area contributed by atoms with E-state index in [0.717, 1.165) is 16.8 Å². The number of ether oxygens (including phenoxy) is 1. The Labute approximate surface area is 215 Å². The van der Waals surface area contributed by atoms with Gasteiger partial charge in [-0.3, -0.25) is 14.3 Å². The summed E-state index contributed by atoms with van der Waals surface area (Å²) in [6.45, 7) is 4.58. The first-order valence-electron chi connectivity index (χ1n) is 11.8. The van der Waals surface area contributed by atoms with Crippen LogP contribution in [0.5, 0.6) is 5.75 Å². The molecule has 4 rings (SSSR count). The minimum absolute atomic E-state index is 0.144. The third kappa shape index (κ3) is 6.03. The Hall–Kier alpha value is -4.90. The monoisotopic (exact) mass is 493 g/mol. The Balaban J connectivity index is 1.40. The number of carbonyl (C=O) groups is 2. The van der Waals surface area contributed by atoms with E-state index < -0.39 is 0 Å². The second-order valence-corrected chi connectivity index (χ2v) is 8.56. The first-order chi connectivity index (χ1) is 17.9. The number of aromatic nitrogens is 2. The van der Waals surface area contributed by atoms with Crippen LogP contribution in [0.15, 0.2) is 72.8 Å². The van der Waals surface area contributed by atoms with Crippen molar-refractivity contribution in [3.05, 3.63) is 112 Å². The Morgan fingerprint density at radius 1 is 0.946 bits per heavy atom. The Bertz CT molecular complexity index is 1470. The van der Waals surface area contributed by atoms with Crippen LogP contribution in [0.2, 0.25) is 0 Å². The zero-order valence-corrected chi connectivity index (χ0v) is 20.9. The van der Waals surface area contributed by atoms with Crippen LogP contribution in [0.3, 0.4) is 0 Å². The van der Waals surface area contributed by atoms with Gasteiger partial charge in [0.25, 0.3) is 11.8 Å². The fourth-order valence-electron chi connectivity index (χ4n) is 3.89. The minimum Gasteiger partial charge on any atom is -0.489 e. The summed E-state index contributed by atoms with van der Waals surface area (Å²) in [5, 5.41) is 19.1. The van der Waals surface area contributed by atoms with Gasteiger partial charge >= 0.3 is 0 Å². The van der Waals surface area contributed by atoms with Crippen molar-refractivity contribution in [3.8, 4) is 11.8 Å². The molecule has 1 heterocycles. The molecule has 8 nitrogen and oxygen atoms in total. The van der Waals surface area contributed by atoms with Crippen LogP contribution < -0.4 is 15.4 Å². The molecule has 0 atom stereocenters. The SMILES string of the molecule is CNC(=O)c1cccc(Cn2nc(C)c(NC(=O)c3ccc(COc4ccc(C#N)cc4)cc3)c2C)c1. The number of rotatable bonds is 8. The van der Waals surface area contributed by atoms with Crippen LogP contribution in [0.4, 0.5) is 5.69 Å². The van der Waals surface area contributed by atoms with Gasteiger partial charge in [0, 0.05) is 18.2 Å². The summed E-state index contributed by atoms with van der Waals surface area (Å²) in [7, 11) is 1.60. The summed E-state index contributed by atoms with van der Waals surface area (Å²) in [6.07, 6.45) is 0. The molecule has 0 spiro atoms. The standard InChI is InChI=1S/C29H27N5O3/c1-19-27(20(2)34(33-19)17-23-5-4-6-25(15-23)28(35)31-3)32-29(36)24-11-7-22(8-12-24)18-37-26-13-9-21(16-30)10-14-26/h4-15H,17-18H2,1-3H3,(H,31,35)(H,32,36). The molecule has 1 aromatic heterocycles. The maximum absolute atomic E-state index is 12.9. The van der Waals surface area contributed by atoms with Crippen molar-refractivity contribution in [1.82, 2.24) is 15.1 Å². The number of benzene rings is 3. The zero-order valence-electron chi connectivity index (χ0n) is 20.9. The molecule has 2 N–H and O–H groups in total. The van der Waals surface area contributed by atoms with Gasteiger partial charge in [-0.2, -0.15) is 10.4 Å². The maximum atomic E-state index is 12.9. The highest BCUT2D eigenvalue weighted by atomic mass is 16.5. The van der Waals surface area contributed by atoms with Crippen LogP contribution in [-0.2, 0) is 13.2 Å². The van der Waals surface area contributed by atoms with Crippen LogP contribution in [0.25, 0.3) is 0 Å². The smallest absolute Gasteiger partial charge is 0.255 e. The summed E-state index contributed by atoms with van der Waals surface area (Å²) < 4.78 is 7.57. The van der Waals surface area contributed by atoms with E-state index in [4.69, 9.17) is 10.00 Å². The summed E-state index contributed by atoms with van der Waals surface area (Å²) in [4.78, 5) is 24.9. The van der Waals surface area contributed by atoms with Gasteiger partial charge in [0.05, 0.1) is 35.3 Å². The van der Waals surface area contributed by atoms with Gasteiger partial charge < -0.3 is 15.4 Å². The topological polar surface area (TPSA) is 109 Å². The summed E-state index contributed by atoms with van der Waals surface area (Å²) in [5.41, 5.74) is 5.73. The highest BCUT2D eigenvalue weighted by Crippen LogP contribution is 2.22. The highest BCUT2D eigenvalue weighted by molar-refractivity contribution is 6.04. The molecule has 0 fully saturated rings. The van der Waals surface area contributed by atoms with Gasteiger partial charge in [-0.05, 0) is 73.5 Å². The van der Waals surface area contributed by atoms with E-state index in [0.29, 0.717) is 47.0 Å². The molecule has 8 heteroatoms. The van der Waals surface area contributed by atoms with Gasteiger partial charge in [0.15, 0.2) is 0 Å². The van der Waals surface area contributed by atoms with E-state index in [9.17, 15) is 9.59 Å². The summed E-state index contributed by atoms with van der Waals surface area (Å²) in [5.74, 6) is 0.297. The normalized spacial score (nSPS) is 10.4. The lowest BCUT2D eigenvalue weighted by atomic mass is 10.1. The quantitative estimate of drug-likeness (QED) is 0.373. The number of aryl methyl sites for hydroxylation is 1. The van der Waals surface area contributed by atoms with Gasteiger partial charge in [0.1, 0.15) is 12.4 Å². The molecule has 0 saturated carbocycles. The molecule has 0 radical (unpaired) electrons. The average molecular weight is 494 g/mol. The number of anilines is 1. The predicted molar refractivity (Wildman–Crippen MR) is 141 cm³/mol. The lowest BCUT2D eigenvalue weighted by Gasteiger charge is -2.09. The molecule has 0 bridgehead atoms. The second kappa shape index (κ2) is 11.2. The number of nitriles is 1. The number of carbonyl (C=O) groups excluding carboxylic acids is 2. The third-order valence-electron chi connectivity index (χ3n) is 5.97. The van der Waals surface area contributed by atoms with E-state index in [-0.39, 0.29) is 11.8 Å². The fourth-order valence-corrected chi connectivity index (χ4v) is 3.89. The Kier molecular flexibility index (Phi) is 7.65. The van der Waals surface area contributed by atoms with Gasteiger partial charge in [-0.15, -0.1) is 0 Å². The lowest BCUT2D eigenvalue weighted by Crippen LogP contribution is -2.18. The van der Waals surface area contributed by atoms with Crippen molar-refractivity contribution >= 4 is 17.5 Å². The number of amides is 2. The van der Waals surface area contributed by atoms with E-state index in [1.165, 1.54) is 0 Å². The van der Waals surface area contributed by atoms with Crippen LogP contribution in [-0.4, -0.2) is 28.6 Å². The fraction of sp³-hybridized carbons (Fsp3) is 0.172. The average Bonchev–Trinajstić information content (AvgIpc) is 3.19. The first-order valence-corrected chi connectivity index (χ1v) is 11.8. The van der Waals surface area contributed by atoms with Crippen LogP contribution >= 0.6 is 0 Å². The van der Waals surface area contributed by atoms with Crippen molar-refractivity contribution in [2.75, 3.05) is 12.4 Å². The summed E-state index contributed by atoms with van der Waals surface area (Å²) >= 11 is 0. The molecule has 2 amide bonds. The van der Waals surface area contributed by atoms with Crippen molar-refractivity contribution in [1.29, 1.82) is 5.26 Å². The molecule has 3 aromatic carbocycles. The molecule has 0 unspecified atom stereocenters. The third-order valence-corrected chi connectivity index (χ3v) is 5.97. The summed E-state index contributed by atoms with van der Waals surface area (Å²) in [6, 6.07) is 23.6. The van der Waals surface area contributed by atoms with E-state index >= 15 is 0 Å². The van der Waals surface area contributed by atoms with Crippen molar-refractivity contribution in [2.24, 2.45) is 0 Å². The largest absolute Gasteiger partial charge is 0.489 e. The first kappa shape index (κ1) is 25.2. The maximum Gasteiger partial charge on any atom is 0.255 e. The Morgan fingerprint density at radius 3 is 2.35 bits per heavy atom. The minimum atomic E-state index is -0.230. The van der Waals surface area contributed by atoms with Gasteiger partial charge in [0.2, 0.25) is 0 Å². The number of hydrogen-bond donors (Lipinski definition) is 2. The number of nitrogens with zero attached hydrogens (tertiary/aromatic N) is 3. The van der Waals surface area contributed by atoms with E-state index in [1.54, 1.807) is 49.5 Å². The number of nitrogens with one attached hydrogen (secondary N) is 2. The van der Waals surface area contributed by atoms with Crippen LogP contribution in [0.1, 0.15) is 48.8 Å². The molecule has 37 heavy (non-hydrogen) atoms. The molecule has 0 aliphatic carbocycles. The van der Waals surface area contributed by atoms with Gasteiger partial charge in [-0.25, -0.2) is 0 Å². The zero-order chi connectivity index (χ0) is 26.4. The van der Waals surface area contributed by atoms with Crippen molar-refractivity contribution in [3.63, 3.8) is 0 Å². The molecule has 0 saturated heterocycles. The molecule has 0 aliphatic heterocycles. The Morgan fingerprint density at radius 2 is 1.68 bits per heavy atom. The predicted octanol–water partition coefficient (Wildman–Crippen LogP) is 4.61. The van der Waals surface area contributed by atoms with E-state index in [1.807, 2.05) is 48.9 Å². The molecular weight excluding hydrogens is 466 g/mol. The molecule has 186 valence electrons. The van der Waals surface area contributed by atoms with Gasteiger partial charge in [-0.1, -0.05) is 24.3 Å². The van der Waals surface area contributed by atoms with E-state index in [2.05, 4.69) is 21.8 Å². The lowest BCUT2D eigenvalue weighted by molar-refractivity contribution is 0.0962. The van der Waals surface area contributed by atoms with Crippen LogP contribution in [0, 0.1) is 25.2 Å². The molecule has 0 aliphatic rings. The highest BCUT2D eigenvalue weighted by Gasteiger charge is 2.16. The van der Waals surface area contributed by atoms with Crippen molar-refractivity contribution < 1.29 is 14.3 Å². The molecule has 4 aromatic rings. The second-order valence-electron chi connectivity index (χ2n) is 8.56. The molecular formula is C29H27N5O3. The van der Waals surface area contributed by atoms with Crippen molar-refractivity contribution in [2.45, 2.75) is 27.0 Å². The number of hydrogen-bond acceptors (Lipinski definition) is 5.